The fourth-order valence-corrected chi connectivity index (χ4v) is 4.38. The number of carbonyl (C=O) groups is 2. The second kappa shape index (κ2) is 9.98. The summed E-state index contributed by atoms with van der Waals surface area (Å²) in [6.45, 7) is 0. The molecule has 0 spiro atoms. The Bertz CT molecular complexity index is 1850. The molecule has 0 aliphatic heterocycles. The van der Waals surface area contributed by atoms with Crippen molar-refractivity contribution < 1.29 is 19.1 Å². The lowest BCUT2D eigenvalue weighted by atomic mass is 10.1. The molecule has 2 heterocycles. The van der Waals surface area contributed by atoms with Crippen molar-refractivity contribution in [2.75, 3.05) is 16.0 Å². The van der Waals surface area contributed by atoms with Crippen molar-refractivity contribution in [1.82, 2.24) is 9.97 Å². The fraction of sp³-hybridized carbons (Fsp3) is 0. The first kappa shape index (κ1) is 23.7. The van der Waals surface area contributed by atoms with Crippen LogP contribution < -0.4 is 16.0 Å². The zero-order valence-electron chi connectivity index (χ0n) is 20.4. The van der Waals surface area contributed by atoms with Crippen LogP contribution in [0.1, 0.15) is 10.4 Å². The highest BCUT2D eigenvalue weighted by molar-refractivity contribution is 6.09. The lowest BCUT2D eigenvalue weighted by molar-refractivity contribution is 0.102. The van der Waals surface area contributed by atoms with Gasteiger partial charge in [-0.1, -0.05) is 36.4 Å². The monoisotopic (exact) mass is 515 g/mol. The summed E-state index contributed by atoms with van der Waals surface area (Å²) in [5, 5.41) is 19.2. The average Bonchev–Trinajstić information content (AvgIpc) is 3.32. The minimum absolute atomic E-state index is 0.322. The first-order chi connectivity index (χ1) is 19.0. The van der Waals surface area contributed by atoms with Crippen LogP contribution in [0.25, 0.3) is 33.2 Å². The van der Waals surface area contributed by atoms with E-state index in [-0.39, 0.29) is 5.91 Å². The molecule has 4 aromatic carbocycles. The Kier molecular flexibility index (Phi) is 6.06. The number of benzene rings is 4. The van der Waals surface area contributed by atoms with Gasteiger partial charge in [-0.2, -0.15) is 0 Å². The number of anilines is 4. The topological polar surface area (TPSA) is 129 Å². The number of para-hydroxylation sites is 2. The lowest BCUT2D eigenvalue weighted by Gasteiger charge is -2.10. The van der Waals surface area contributed by atoms with E-state index >= 15 is 0 Å². The molecule has 0 aliphatic rings. The molecule has 4 N–H and O–H groups in total. The number of hydrogen-bond acceptors (Lipinski definition) is 6. The van der Waals surface area contributed by atoms with Crippen LogP contribution in [0, 0.1) is 0 Å². The smallest absolute Gasteiger partial charge is 0.409 e. The van der Waals surface area contributed by atoms with E-state index in [0.717, 1.165) is 33.2 Å². The van der Waals surface area contributed by atoms with E-state index in [1.165, 1.54) is 18.5 Å². The van der Waals surface area contributed by atoms with Gasteiger partial charge >= 0.3 is 6.09 Å². The third kappa shape index (κ3) is 4.96. The molecule has 0 saturated carbocycles. The van der Waals surface area contributed by atoms with Crippen LogP contribution in [0.4, 0.5) is 27.7 Å². The molecule has 0 unspecified atom stereocenters. The van der Waals surface area contributed by atoms with Crippen LogP contribution in [0.5, 0.6) is 0 Å². The SMILES string of the molecule is O=C(O)Nc1ccc(C(=O)Nc2cccc(Nc3cc(-c4cccc5c4oc4ccccc45)ncn3)c2)cc1. The van der Waals surface area contributed by atoms with Crippen molar-refractivity contribution in [3.63, 3.8) is 0 Å². The third-order valence-corrected chi connectivity index (χ3v) is 6.14. The normalized spacial score (nSPS) is 10.9. The van der Waals surface area contributed by atoms with E-state index < -0.39 is 6.09 Å². The van der Waals surface area contributed by atoms with Gasteiger partial charge < -0.3 is 20.2 Å². The van der Waals surface area contributed by atoms with Crippen molar-refractivity contribution in [2.45, 2.75) is 0 Å². The molecule has 190 valence electrons. The molecule has 0 aliphatic carbocycles. The Balaban J connectivity index is 1.21. The molecule has 2 aromatic heterocycles. The highest BCUT2D eigenvalue weighted by Crippen LogP contribution is 2.35. The second-order valence-corrected chi connectivity index (χ2v) is 8.74. The molecule has 0 fully saturated rings. The molecular weight excluding hydrogens is 494 g/mol. The van der Waals surface area contributed by atoms with Crippen LogP contribution in [0.15, 0.2) is 108 Å². The molecular formula is C30H21N5O4. The standard InChI is InChI=1S/C30H21N5O4/c36-29(18-11-13-19(14-12-18)35-30(37)38)34-21-6-3-5-20(15-21)33-27-16-25(31-17-32-27)24-9-4-8-23-22-7-1-2-10-26(22)39-28(23)24/h1-17,35H,(H,34,36)(H,37,38)(H,31,32,33). The van der Waals surface area contributed by atoms with Gasteiger partial charge in [0.15, 0.2) is 0 Å². The van der Waals surface area contributed by atoms with E-state index in [9.17, 15) is 9.59 Å². The highest BCUT2D eigenvalue weighted by Gasteiger charge is 2.13. The zero-order valence-corrected chi connectivity index (χ0v) is 20.4. The van der Waals surface area contributed by atoms with Crippen LogP contribution in [-0.2, 0) is 0 Å². The number of rotatable bonds is 6. The summed E-state index contributed by atoms with van der Waals surface area (Å²) in [6.07, 6.45) is 0.326. The highest BCUT2D eigenvalue weighted by atomic mass is 16.4. The predicted octanol–water partition coefficient (Wildman–Crippen LogP) is 7.13. The van der Waals surface area contributed by atoms with Gasteiger partial charge in [0, 0.05) is 45.0 Å². The first-order valence-electron chi connectivity index (χ1n) is 12.0. The average molecular weight is 516 g/mol. The minimum atomic E-state index is -1.17. The first-order valence-corrected chi connectivity index (χ1v) is 12.0. The number of amides is 2. The van der Waals surface area contributed by atoms with Crippen LogP contribution in [0.2, 0.25) is 0 Å². The molecule has 0 radical (unpaired) electrons. The van der Waals surface area contributed by atoms with Crippen LogP contribution >= 0.6 is 0 Å². The van der Waals surface area contributed by atoms with Crippen LogP contribution in [-0.4, -0.2) is 27.1 Å². The Morgan fingerprint density at radius 1 is 0.718 bits per heavy atom. The van der Waals surface area contributed by atoms with Gasteiger partial charge in [-0.3, -0.25) is 10.1 Å². The molecule has 6 rings (SSSR count). The summed E-state index contributed by atoms with van der Waals surface area (Å²) in [7, 11) is 0. The van der Waals surface area contributed by atoms with E-state index in [0.29, 0.717) is 28.5 Å². The molecule has 0 saturated heterocycles. The molecule has 0 atom stereocenters. The Hall–Kier alpha value is -5.70. The van der Waals surface area contributed by atoms with Crippen molar-refractivity contribution in [3.8, 4) is 11.3 Å². The van der Waals surface area contributed by atoms with E-state index in [1.54, 1.807) is 24.3 Å². The van der Waals surface area contributed by atoms with Gasteiger partial charge in [-0.05, 0) is 54.6 Å². The van der Waals surface area contributed by atoms with Gasteiger partial charge in [0.25, 0.3) is 5.91 Å². The van der Waals surface area contributed by atoms with E-state index in [1.807, 2.05) is 60.7 Å². The lowest BCUT2D eigenvalue weighted by Crippen LogP contribution is -2.12. The Morgan fingerprint density at radius 2 is 1.49 bits per heavy atom. The quantitative estimate of drug-likeness (QED) is 0.186. The van der Waals surface area contributed by atoms with Crippen molar-refractivity contribution in [2.24, 2.45) is 0 Å². The summed E-state index contributed by atoms with van der Waals surface area (Å²) < 4.78 is 6.16. The van der Waals surface area contributed by atoms with Gasteiger partial charge in [-0.25, -0.2) is 14.8 Å². The maximum absolute atomic E-state index is 12.7. The molecule has 39 heavy (non-hydrogen) atoms. The largest absolute Gasteiger partial charge is 0.465 e. The van der Waals surface area contributed by atoms with Gasteiger partial charge in [-0.15, -0.1) is 0 Å². The number of aromatic nitrogens is 2. The summed E-state index contributed by atoms with van der Waals surface area (Å²) in [5.74, 6) is 0.260. The number of carboxylic acid groups (broad SMARTS) is 1. The van der Waals surface area contributed by atoms with Gasteiger partial charge in [0.2, 0.25) is 0 Å². The Morgan fingerprint density at radius 3 is 2.33 bits per heavy atom. The van der Waals surface area contributed by atoms with Gasteiger partial charge in [0.1, 0.15) is 23.3 Å². The van der Waals surface area contributed by atoms with Crippen molar-refractivity contribution in [1.29, 1.82) is 0 Å². The molecule has 6 aromatic rings. The summed E-state index contributed by atoms with van der Waals surface area (Å²) in [6, 6.07) is 29.2. The number of nitrogens with one attached hydrogen (secondary N) is 3. The fourth-order valence-electron chi connectivity index (χ4n) is 4.38. The zero-order chi connectivity index (χ0) is 26.8. The molecule has 9 nitrogen and oxygen atoms in total. The summed E-state index contributed by atoms with van der Waals surface area (Å²) in [4.78, 5) is 32.3. The third-order valence-electron chi connectivity index (χ3n) is 6.14. The minimum Gasteiger partial charge on any atom is -0.465 e. The molecule has 2 amide bonds. The number of hydrogen-bond donors (Lipinski definition) is 4. The Labute approximate surface area is 222 Å². The maximum atomic E-state index is 12.7. The second-order valence-electron chi connectivity index (χ2n) is 8.74. The van der Waals surface area contributed by atoms with E-state index in [2.05, 4.69) is 25.9 Å². The summed E-state index contributed by atoms with van der Waals surface area (Å²) in [5.41, 5.74) is 5.23. The number of carbonyl (C=O) groups excluding carboxylic acids is 1. The number of nitrogens with zero attached hydrogens (tertiary/aromatic N) is 2. The van der Waals surface area contributed by atoms with Gasteiger partial charge in [0.05, 0.1) is 5.69 Å². The van der Waals surface area contributed by atoms with Crippen molar-refractivity contribution in [3.05, 3.63) is 109 Å². The maximum Gasteiger partial charge on any atom is 0.409 e. The summed E-state index contributed by atoms with van der Waals surface area (Å²) >= 11 is 0. The molecule has 9 heteroatoms. The molecule has 0 bridgehead atoms. The number of furan rings is 1. The van der Waals surface area contributed by atoms with E-state index in [4.69, 9.17) is 9.52 Å². The van der Waals surface area contributed by atoms with Crippen LogP contribution in [0.3, 0.4) is 0 Å². The van der Waals surface area contributed by atoms with Crippen molar-refractivity contribution >= 4 is 56.8 Å². The predicted molar refractivity (Wildman–Crippen MR) is 151 cm³/mol. The number of fused-ring (bicyclic) bond motifs is 3.